The Bertz CT molecular complexity index is 6170. The minimum absolute atomic E-state index is 0.464. The van der Waals surface area contributed by atoms with Crippen LogP contribution in [0, 0.1) is 0 Å². The fourth-order valence-electron chi connectivity index (χ4n) is 12.6. The van der Waals surface area contributed by atoms with Gasteiger partial charge in [0.25, 0.3) is 0 Å². The van der Waals surface area contributed by atoms with Crippen LogP contribution in [0.1, 0.15) is 0 Å². The Kier molecular flexibility index (Phi) is 11.0. The SMILES string of the molecule is c1ccc(-c2nc(-c3ccc4ccccc4c3)nc(-c3ccc4c(c3)oc3cc5oc(-c6cccc(-c7cc(-c8nc(-c9ccccc9)nc(-c9ccc%10c(c9)oc9cc%11oc(-c%12ccccc%12)nc%11cc9%10)n8)c8c(c7)oc7ccccc78)c6)nc5cc34)n2)cc1. The third kappa shape index (κ3) is 8.55. The van der Waals surface area contributed by atoms with E-state index in [4.69, 9.17) is 62.0 Å². The molecule has 0 aliphatic rings. The molecule has 424 valence electrons. The van der Waals surface area contributed by atoms with Crippen molar-refractivity contribution in [3.8, 4) is 102 Å². The van der Waals surface area contributed by atoms with Crippen molar-refractivity contribution in [3.63, 3.8) is 0 Å². The Morgan fingerprint density at radius 2 is 0.648 bits per heavy atom. The summed E-state index contributed by atoms with van der Waals surface area (Å²) in [7, 11) is 0. The maximum atomic E-state index is 6.69. The highest BCUT2D eigenvalue weighted by atomic mass is 16.4. The number of fused-ring (bicyclic) bond motifs is 12. The number of nitrogens with zero attached hydrogens (tertiary/aromatic N) is 8. The van der Waals surface area contributed by atoms with E-state index in [1.165, 1.54) is 0 Å². The van der Waals surface area contributed by atoms with Crippen LogP contribution in [0.3, 0.4) is 0 Å². The number of benzene rings is 12. The summed E-state index contributed by atoms with van der Waals surface area (Å²) in [6.45, 7) is 0. The van der Waals surface area contributed by atoms with E-state index in [0.29, 0.717) is 91.3 Å². The molecule has 19 rings (SSSR count). The third-order valence-corrected chi connectivity index (χ3v) is 17.0. The van der Waals surface area contributed by atoms with Crippen LogP contribution in [0.25, 0.3) is 201 Å². The molecule has 0 aliphatic carbocycles. The lowest BCUT2D eigenvalue weighted by Gasteiger charge is -2.11. The van der Waals surface area contributed by atoms with E-state index in [0.717, 1.165) is 110 Å². The quantitative estimate of drug-likeness (QED) is 0.134. The third-order valence-electron chi connectivity index (χ3n) is 17.0. The fourth-order valence-corrected chi connectivity index (χ4v) is 12.6. The van der Waals surface area contributed by atoms with Crippen molar-refractivity contribution < 1.29 is 22.1 Å². The zero-order valence-corrected chi connectivity index (χ0v) is 47.9. The lowest BCUT2D eigenvalue weighted by molar-refractivity contribution is 0.617. The van der Waals surface area contributed by atoms with E-state index in [-0.39, 0.29) is 0 Å². The van der Waals surface area contributed by atoms with Gasteiger partial charge in [-0.05, 0) is 107 Å². The molecule has 19 aromatic rings. The number of hydrogen-bond acceptors (Lipinski definition) is 13. The molecule has 0 N–H and O–H groups in total. The minimum Gasteiger partial charge on any atom is -0.456 e. The second-order valence-corrected chi connectivity index (χ2v) is 22.6. The first-order chi connectivity index (χ1) is 45.0. The van der Waals surface area contributed by atoms with E-state index in [2.05, 4.69) is 72.8 Å². The number of oxazole rings is 2. The lowest BCUT2D eigenvalue weighted by Crippen LogP contribution is -2.00. The van der Waals surface area contributed by atoms with Crippen molar-refractivity contribution in [3.05, 3.63) is 255 Å². The maximum Gasteiger partial charge on any atom is 0.227 e. The van der Waals surface area contributed by atoms with Crippen molar-refractivity contribution >= 4 is 98.8 Å². The molecule has 0 spiro atoms. The molecular formula is C78H42N8O5. The van der Waals surface area contributed by atoms with Crippen LogP contribution < -0.4 is 0 Å². The number of hydrogen-bond donors (Lipinski definition) is 0. The topological polar surface area (TPSA) is 169 Å². The van der Waals surface area contributed by atoms with Crippen molar-refractivity contribution in [1.29, 1.82) is 0 Å². The Balaban J connectivity index is 0.683. The van der Waals surface area contributed by atoms with E-state index < -0.39 is 0 Å². The monoisotopic (exact) mass is 1170 g/mol. The summed E-state index contributed by atoms with van der Waals surface area (Å²) in [6, 6.07) is 84.9. The highest BCUT2D eigenvalue weighted by molar-refractivity contribution is 6.14. The molecule has 13 heteroatoms. The molecule has 0 amide bonds. The van der Waals surface area contributed by atoms with Gasteiger partial charge in [-0.15, -0.1) is 0 Å². The maximum absolute atomic E-state index is 6.69. The Morgan fingerprint density at radius 3 is 1.26 bits per heavy atom. The molecule has 7 heterocycles. The van der Waals surface area contributed by atoms with Crippen LogP contribution in [0.5, 0.6) is 0 Å². The van der Waals surface area contributed by atoms with Crippen LogP contribution >= 0.6 is 0 Å². The summed E-state index contributed by atoms with van der Waals surface area (Å²) < 4.78 is 32.7. The van der Waals surface area contributed by atoms with Gasteiger partial charge in [-0.2, -0.15) is 0 Å². The number of aromatic nitrogens is 8. The Labute approximate surface area is 515 Å². The van der Waals surface area contributed by atoms with Gasteiger partial charge in [-0.25, -0.2) is 39.9 Å². The van der Waals surface area contributed by atoms with E-state index in [1.807, 2.05) is 182 Å². The average molecular weight is 1170 g/mol. The van der Waals surface area contributed by atoms with E-state index >= 15 is 0 Å². The summed E-state index contributed by atoms with van der Waals surface area (Å²) in [6.07, 6.45) is 0. The van der Waals surface area contributed by atoms with Crippen molar-refractivity contribution in [2.75, 3.05) is 0 Å². The van der Waals surface area contributed by atoms with Crippen molar-refractivity contribution in [1.82, 2.24) is 39.9 Å². The van der Waals surface area contributed by atoms with E-state index in [9.17, 15) is 0 Å². The Hall–Kier alpha value is -12.7. The Morgan fingerprint density at radius 1 is 0.198 bits per heavy atom. The predicted octanol–water partition coefficient (Wildman–Crippen LogP) is 20.2. The summed E-state index contributed by atoms with van der Waals surface area (Å²) in [4.78, 5) is 40.7. The number of para-hydroxylation sites is 1. The zero-order valence-electron chi connectivity index (χ0n) is 47.9. The molecule has 13 nitrogen and oxygen atoms in total. The van der Waals surface area contributed by atoms with Gasteiger partial charge in [-0.1, -0.05) is 158 Å². The molecule has 91 heavy (non-hydrogen) atoms. The molecule has 0 atom stereocenters. The van der Waals surface area contributed by atoms with Crippen molar-refractivity contribution in [2.24, 2.45) is 0 Å². The van der Waals surface area contributed by atoms with Crippen LogP contribution in [0.2, 0.25) is 0 Å². The summed E-state index contributed by atoms with van der Waals surface area (Å²) in [5, 5.41) is 7.77. The van der Waals surface area contributed by atoms with Crippen LogP contribution in [0.4, 0.5) is 0 Å². The molecule has 0 saturated carbocycles. The molecule has 0 unspecified atom stereocenters. The van der Waals surface area contributed by atoms with Gasteiger partial charge < -0.3 is 22.1 Å². The summed E-state index contributed by atoms with van der Waals surface area (Å²) in [5.74, 6) is 4.20. The molecule has 0 aliphatic heterocycles. The van der Waals surface area contributed by atoms with Gasteiger partial charge >= 0.3 is 0 Å². The molecule has 7 aromatic heterocycles. The highest BCUT2D eigenvalue weighted by Gasteiger charge is 2.23. The first kappa shape index (κ1) is 50.4. The van der Waals surface area contributed by atoms with Crippen LogP contribution in [-0.2, 0) is 0 Å². The largest absolute Gasteiger partial charge is 0.456 e. The number of furan rings is 3. The molecule has 0 radical (unpaired) electrons. The van der Waals surface area contributed by atoms with Gasteiger partial charge in [0.05, 0.1) is 0 Å². The molecule has 0 saturated heterocycles. The van der Waals surface area contributed by atoms with Crippen LogP contribution in [-0.4, -0.2) is 39.9 Å². The van der Waals surface area contributed by atoms with Crippen molar-refractivity contribution in [2.45, 2.75) is 0 Å². The van der Waals surface area contributed by atoms with E-state index in [1.54, 1.807) is 0 Å². The second-order valence-electron chi connectivity index (χ2n) is 22.6. The average Bonchev–Trinajstić information content (AvgIpc) is 1.82. The molecule has 0 bridgehead atoms. The van der Waals surface area contributed by atoms with Gasteiger partial charge in [0.15, 0.2) is 46.1 Å². The van der Waals surface area contributed by atoms with Gasteiger partial charge in [0.2, 0.25) is 11.8 Å². The summed E-state index contributed by atoms with van der Waals surface area (Å²) >= 11 is 0. The normalized spacial score (nSPS) is 12.0. The minimum atomic E-state index is 0.464. The predicted molar refractivity (Wildman–Crippen MR) is 357 cm³/mol. The second kappa shape index (κ2) is 19.9. The molecule has 0 fully saturated rings. The molecular weight excluding hydrogens is 1130 g/mol. The lowest BCUT2D eigenvalue weighted by atomic mass is 9.97. The highest BCUT2D eigenvalue weighted by Crippen LogP contribution is 2.43. The summed E-state index contributed by atoms with van der Waals surface area (Å²) in [5.41, 5.74) is 15.3. The fraction of sp³-hybridized carbons (Fsp3) is 0. The van der Waals surface area contributed by atoms with Crippen LogP contribution in [0.15, 0.2) is 277 Å². The number of rotatable bonds is 9. The smallest absolute Gasteiger partial charge is 0.227 e. The van der Waals surface area contributed by atoms with Gasteiger partial charge in [0, 0.05) is 89.0 Å². The first-order valence-corrected chi connectivity index (χ1v) is 29.8. The first-order valence-electron chi connectivity index (χ1n) is 29.8. The molecule has 12 aromatic carbocycles. The zero-order chi connectivity index (χ0) is 59.7. The van der Waals surface area contributed by atoms with Gasteiger partial charge in [-0.3, -0.25) is 0 Å². The standard InChI is InChI=1S/C78H42N8O5/c1-4-16-44(17-5-1)71-81-73(49-28-27-43-15-10-11-22-47(43)33-49)84-74(82-71)50-29-31-54-58-40-61-68(42-66(58)88-63(54)36-50)91-78(80-61)52-24-14-23-48(34-52)53-35-59(70-56-25-12-13-26-62(56)87-69(70)38-53)76-85-72(45-18-6-2-7-19-45)83-75(86-76)51-30-32-55-57-39-60-67(41-65(57)89-64(55)37-51)90-77(79-60)46-20-8-3-9-21-46/h1-42H. The van der Waals surface area contributed by atoms with Gasteiger partial charge in [0.1, 0.15) is 44.5 Å².